The van der Waals surface area contributed by atoms with Crippen LogP contribution in [0, 0.1) is 5.92 Å². The molecule has 0 radical (unpaired) electrons. The monoisotopic (exact) mass is 209 g/mol. The van der Waals surface area contributed by atoms with Crippen molar-refractivity contribution in [2.75, 3.05) is 13.1 Å². The van der Waals surface area contributed by atoms with Gasteiger partial charge in [0.25, 0.3) is 0 Å². The first-order chi connectivity index (χ1) is 7.16. The van der Waals surface area contributed by atoms with E-state index in [1.807, 2.05) is 0 Å². The van der Waals surface area contributed by atoms with Crippen LogP contribution >= 0.6 is 0 Å². The maximum absolute atomic E-state index is 10.1. The molecule has 0 aliphatic carbocycles. The highest BCUT2D eigenvalue weighted by atomic mass is 16.3. The van der Waals surface area contributed by atoms with Crippen molar-refractivity contribution in [3.63, 3.8) is 0 Å². The largest absolute Gasteiger partial charge is 0.389 e. The molecule has 2 aliphatic rings. The lowest BCUT2D eigenvalue weighted by molar-refractivity contribution is 0.0612. The van der Waals surface area contributed by atoms with E-state index in [2.05, 4.69) is 24.8 Å². The smallest absolute Gasteiger partial charge is 0.0777 e. The van der Waals surface area contributed by atoms with E-state index in [4.69, 9.17) is 0 Å². The van der Waals surface area contributed by atoms with E-state index in [1.165, 1.54) is 31.4 Å². The average Bonchev–Trinajstić information content (AvgIpc) is 2.18. The zero-order chi connectivity index (χ0) is 10.8. The van der Waals surface area contributed by atoms with Crippen LogP contribution in [0.3, 0.4) is 0 Å². The number of hydrogen-bond acceptors (Lipinski definition) is 2. The van der Waals surface area contributed by atoms with E-state index in [-0.39, 0.29) is 6.10 Å². The van der Waals surface area contributed by atoms with Crippen LogP contribution in [-0.4, -0.2) is 35.2 Å². The number of fused-ring (bicyclic) bond motifs is 1. The normalized spacial score (nSPS) is 35.9. The molecule has 2 aliphatic heterocycles. The molecule has 2 atom stereocenters. The molecule has 0 spiro atoms. The number of nitrogens with zero attached hydrogens (tertiary/aromatic N) is 1. The van der Waals surface area contributed by atoms with Crippen molar-refractivity contribution < 1.29 is 5.11 Å². The highest BCUT2D eigenvalue weighted by molar-refractivity contribution is 5.15. The molecule has 0 aromatic carbocycles. The van der Waals surface area contributed by atoms with E-state index in [9.17, 15) is 5.11 Å². The first-order valence-electron chi connectivity index (χ1n) is 6.29. The van der Waals surface area contributed by atoms with E-state index in [0.717, 1.165) is 13.0 Å². The van der Waals surface area contributed by atoms with Crippen molar-refractivity contribution in [3.05, 3.63) is 11.6 Å². The molecule has 0 bridgehead atoms. The number of rotatable bonds is 1. The molecule has 1 N–H and O–H groups in total. The quantitative estimate of drug-likeness (QED) is 0.669. The summed E-state index contributed by atoms with van der Waals surface area (Å²) < 4.78 is 0. The molecule has 0 aromatic rings. The zero-order valence-corrected chi connectivity index (χ0v) is 9.95. The molecule has 2 rings (SSSR count). The topological polar surface area (TPSA) is 23.5 Å². The van der Waals surface area contributed by atoms with Gasteiger partial charge in [0.2, 0.25) is 0 Å². The fraction of sp³-hybridized carbons (Fsp3) is 0.846. The molecule has 0 amide bonds. The summed E-state index contributed by atoms with van der Waals surface area (Å²) in [7, 11) is 0. The summed E-state index contributed by atoms with van der Waals surface area (Å²) in [4.78, 5) is 2.56. The molecule has 2 saturated heterocycles. The maximum Gasteiger partial charge on any atom is 0.0777 e. The molecule has 86 valence electrons. The van der Waals surface area contributed by atoms with Gasteiger partial charge in [0.15, 0.2) is 0 Å². The first kappa shape index (κ1) is 11.2. The maximum atomic E-state index is 10.1. The summed E-state index contributed by atoms with van der Waals surface area (Å²) in [6.07, 6.45) is 6.99. The number of hydrogen-bond donors (Lipinski definition) is 1. The fourth-order valence-corrected chi connectivity index (χ4v) is 2.88. The van der Waals surface area contributed by atoms with E-state index in [1.54, 1.807) is 0 Å². The van der Waals surface area contributed by atoms with E-state index in [0.29, 0.717) is 12.0 Å². The third kappa shape index (κ3) is 2.61. The van der Waals surface area contributed by atoms with Crippen LogP contribution in [0.15, 0.2) is 11.6 Å². The third-order valence-corrected chi connectivity index (χ3v) is 3.61. The minimum Gasteiger partial charge on any atom is -0.389 e. The summed E-state index contributed by atoms with van der Waals surface area (Å²) in [5.41, 5.74) is 1.25. The Bertz CT molecular complexity index is 247. The van der Waals surface area contributed by atoms with Crippen molar-refractivity contribution in [3.8, 4) is 0 Å². The highest BCUT2D eigenvalue weighted by Crippen LogP contribution is 2.29. The second-order valence-electron chi connectivity index (χ2n) is 5.36. The van der Waals surface area contributed by atoms with E-state index < -0.39 is 0 Å². The van der Waals surface area contributed by atoms with Crippen LogP contribution in [0.4, 0.5) is 0 Å². The molecular weight excluding hydrogens is 186 g/mol. The average molecular weight is 209 g/mol. The predicted molar refractivity (Wildman–Crippen MR) is 62.8 cm³/mol. The van der Waals surface area contributed by atoms with Gasteiger partial charge in [-0.05, 0) is 37.3 Å². The number of aliphatic hydroxyl groups is 1. The van der Waals surface area contributed by atoms with Crippen LogP contribution in [-0.2, 0) is 0 Å². The number of allylic oxidation sites excluding steroid dienone is 1. The van der Waals surface area contributed by atoms with Gasteiger partial charge in [-0.25, -0.2) is 0 Å². The molecule has 0 unspecified atom stereocenters. The van der Waals surface area contributed by atoms with Crippen molar-refractivity contribution in [1.82, 2.24) is 4.90 Å². The molecule has 15 heavy (non-hydrogen) atoms. The molecule has 0 aromatic heterocycles. The van der Waals surface area contributed by atoms with Gasteiger partial charge in [-0.2, -0.15) is 0 Å². The first-order valence-corrected chi connectivity index (χ1v) is 6.29. The van der Waals surface area contributed by atoms with Gasteiger partial charge >= 0.3 is 0 Å². The molecule has 2 nitrogen and oxygen atoms in total. The van der Waals surface area contributed by atoms with Crippen molar-refractivity contribution >= 4 is 0 Å². The van der Waals surface area contributed by atoms with Crippen molar-refractivity contribution in [1.29, 1.82) is 0 Å². The Labute approximate surface area is 93.0 Å². The minimum atomic E-state index is -0.174. The van der Waals surface area contributed by atoms with Crippen LogP contribution in [0.25, 0.3) is 0 Å². The summed E-state index contributed by atoms with van der Waals surface area (Å²) in [5, 5.41) is 10.1. The number of aliphatic hydroxyl groups excluding tert-OH is 1. The molecule has 2 heteroatoms. The Balaban J connectivity index is 2.04. The molecule has 0 saturated carbocycles. The third-order valence-electron chi connectivity index (χ3n) is 3.61. The lowest BCUT2D eigenvalue weighted by Gasteiger charge is -2.42. The summed E-state index contributed by atoms with van der Waals surface area (Å²) in [5.74, 6) is 0.552. The summed E-state index contributed by atoms with van der Waals surface area (Å²) >= 11 is 0. The summed E-state index contributed by atoms with van der Waals surface area (Å²) in [6.45, 7) is 6.60. The second-order valence-corrected chi connectivity index (χ2v) is 5.36. The van der Waals surface area contributed by atoms with Crippen LogP contribution in [0.1, 0.15) is 39.5 Å². The van der Waals surface area contributed by atoms with Gasteiger partial charge in [0.05, 0.1) is 6.10 Å². The highest BCUT2D eigenvalue weighted by Gasteiger charge is 2.31. The van der Waals surface area contributed by atoms with Crippen LogP contribution in [0.2, 0.25) is 0 Å². The van der Waals surface area contributed by atoms with Crippen LogP contribution in [0.5, 0.6) is 0 Å². The molecule has 2 fully saturated rings. The standard InChI is InChI=1S/C13H23NO/c1-10(2)7-11-9-14-6-4-3-5-12(14)8-13(11)15/h7,10,12-13,15H,3-6,8-9H2,1-2H3/b11-7+/t12-,13+/m0/s1. The Morgan fingerprint density at radius 2 is 2.20 bits per heavy atom. The lowest BCUT2D eigenvalue weighted by atomic mass is 9.88. The van der Waals surface area contributed by atoms with Gasteiger partial charge in [0, 0.05) is 12.6 Å². The molecular formula is C13H23NO. The SMILES string of the molecule is CC(C)/C=C1\CN2CCCC[C@H]2C[C@H]1O. The van der Waals surface area contributed by atoms with Gasteiger partial charge in [-0.3, -0.25) is 4.90 Å². The zero-order valence-electron chi connectivity index (χ0n) is 9.95. The Morgan fingerprint density at radius 3 is 2.93 bits per heavy atom. The Morgan fingerprint density at radius 1 is 1.40 bits per heavy atom. The number of piperidine rings is 2. The van der Waals surface area contributed by atoms with E-state index >= 15 is 0 Å². The van der Waals surface area contributed by atoms with Crippen molar-refractivity contribution in [2.45, 2.75) is 51.7 Å². The lowest BCUT2D eigenvalue weighted by Crippen LogP contribution is -2.48. The fourth-order valence-electron chi connectivity index (χ4n) is 2.88. The van der Waals surface area contributed by atoms with Crippen LogP contribution < -0.4 is 0 Å². The summed E-state index contributed by atoms with van der Waals surface area (Å²) in [6, 6.07) is 0.651. The molecule has 2 heterocycles. The van der Waals surface area contributed by atoms with Gasteiger partial charge in [-0.15, -0.1) is 0 Å². The van der Waals surface area contributed by atoms with Gasteiger partial charge in [-0.1, -0.05) is 26.3 Å². The Kier molecular flexibility index (Phi) is 3.47. The van der Waals surface area contributed by atoms with Gasteiger partial charge < -0.3 is 5.11 Å². The Hall–Kier alpha value is -0.340. The predicted octanol–water partition coefficient (Wildman–Crippen LogP) is 2.19. The van der Waals surface area contributed by atoms with Crippen molar-refractivity contribution in [2.24, 2.45) is 5.92 Å². The second kappa shape index (κ2) is 4.67. The minimum absolute atomic E-state index is 0.174. The van der Waals surface area contributed by atoms with Gasteiger partial charge in [0.1, 0.15) is 0 Å².